The molecule has 0 spiro atoms. The van der Waals surface area contributed by atoms with Crippen molar-refractivity contribution in [2.45, 2.75) is 20.3 Å². The Morgan fingerprint density at radius 2 is 2.36 bits per heavy atom. The van der Waals surface area contributed by atoms with E-state index < -0.39 is 0 Å². The van der Waals surface area contributed by atoms with Crippen molar-refractivity contribution in [1.82, 2.24) is 9.38 Å². The SMILES string of the molecule is CC(C)(CCl)Cc1cn2ccsc2n1. The zero-order valence-electron chi connectivity index (χ0n) is 8.33. The summed E-state index contributed by atoms with van der Waals surface area (Å²) < 4.78 is 2.06. The molecule has 0 unspecified atom stereocenters. The number of imidazole rings is 1. The van der Waals surface area contributed by atoms with Crippen LogP contribution in [-0.2, 0) is 6.42 Å². The molecule has 76 valence electrons. The molecule has 14 heavy (non-hydrogen) atoms. The summed E-state index contributed by atoms with van der Waals surface area (Å²) in [6, 6.07) is 0. The van der Waals surface area contributed by atoms with Crippen LogP contribution in [0.5, 0.6) is 0 Å². The first-order valence-electron chi connectivity index (χ1n) is 4.58. The van der Waals surface area contributed by atoms with E-state index in [1.54, 1.807) is 11.3 Å². The molecule has 2 aromatic rings. The first kappa shape index (κ1) is 9.99. The van der Waals surface area contributed by atoms with E-state index in [0.717, 1.165) is 17.1 Å². The second-order valence-electron chi connectivity index (χ2n) is 4.30. The highest BCUT2D eigenvalue weighted by atomic mass is 35.5. The van der Waals surface area contributed by atoms with Gasteiger partial charge in [-0.15, -0.1) is 22.9 Å². The van der Waals surface area contributed by atoms with E-state index >= 15 is 0 Å². The van der Waals surface area contributed by atoms with Crippen LogP contribution in [0.15, 0.2) is 17.8 Å². The molecule has 0 atom stereocenters. The van der Waals surface area contributed by atoms with Gasteiger partial charge < -0.3 is 0 Å². The van der Waals surface area contributed by atoms with Crippen molar-refractivity contribution in [3.05, 3.63) is 23.5 Å². The number of halogens is 1. The van der Waals surface area contributed by atoms with Gasteiger partial charge in [0.05, 0.1) is 5.69 Å². The molecule has 2 rings (SSSR count). The van der Waals surface area contributed by atoms with E-state index in [1.165, 1.54) is 0 Å². The fourth-order valence-corrected chi connectivity index (χ4v) is 2.21. The van der Waals surface area contributed by atoms with E-state index in [0.29, 0.717) is 5.88 Å². The Labute approximate surface area is 92.5 Å². The van der Waals surface area contributed by atoms with Crippen LogP contribution in [0.2, 0.25) is 0 Å². The number of hydrogen-bond donors (Lipinski definition) is 0. The minimum Gasteiger partial charge on any atom is -0.297 e. The Morgan fingerprint density at radius 1 is 1.57 bits per heavy atom. The third kappa shape index (κ3) is 1.93. The van der Waals surface area contributed by atoms with Gasteiger partial charge in [0.1, 0.15) is 0 Å². The lowest BCUT2D eigenvalue weighted by atomic mass is 9.90. The first-order valence-corrected chi connectivity index (χ1v) is 5.99. The van der Waals surface area contributed by atoms with Gasteiger partial charge in [0.15, 0.2) is 4.96 Å². The molecule has 2 nitrogen and oxygen atoms in total. The van der Waals surface area contributed by atoms with Crippen LogP contribution >= 0.6 is 22.9 Å². The van der Waals surface area contributed by atoms with Crippen LogP contribution in [0.4, 0.5) is 0 Å². The molecule has 0 aliphatic rings. The maximum atomic E-state index is 5.88. The standard InChI is InChI=1S/C10H13ClN2S/c1-10(2,7-11)5-8-6-13-3-4-14-9(13)12-8/h3-4,6H,5,7H2,1-2H3. The molecule has 0 saturated heterocycles. The summed E-state index contributed by atoms with van der Waals surface area (Å²) in [4.78, 5) is 5.59. The third-order valence-electron chi connectivity index (χ3n) is 2.16. The molecule has 0 saturated carbocycles. The second kappa shape index (κ2) is 3.55. The number of rotatable bonds is 3. The van der Waals surface area contributed by atoms with Gasteiger partial charge in [-0.05, 0) is 11.8 Å². The van der Waals surface area contributed by atoms with Crippen LogP contribution in [0.25, 0.3) is 4.96 Å². The van der Waals surface area contributed by atoms with E-state index in [1.807, 2.05) is 11.6 Å². The Bertz CT molecular complexity index is 401. The van der Waals surface area contributed by atoms with E-state index in [2.05, 4.69) is 29.4 Å². The zero-order valence-corrected chi connectivity index (χ0v) is 9.90. The molecular weight excluding hydrogens is 216 g/mol. The Hall–Kier alpha value is -0.540. The fraction of sp³-hybridized carbons (Fsp3) is 0.500. The van der Waals surface area contributed by atoms with Crippen molar-refractivity contribution in [1.29, 1.82) is 0 Å². The third-order valence-corrected chi connectivity index (χ3v) is 3.66. The second-order valence-corrected chi connectivity index (χ2v) is 5.44. The maximum absolute atomic E-state index is 5.88. The Balaban J connectivity index is 2.23. The summed E-state index contributed by atoms with van der Waals surface area (Å²) >= 11 is 7.54. The fourth-order valence-electron chi connectivity index (χ4n) is 1.40. The lowest BCUT2D eigenvalue weighted by molar-refractivity contribution is 0.414. The number of thiazole rings is 1. The molecule has 0 aromatic carbocycles. The predicted octanol–water partition coefficient (Wildman–Crippen LogP) is 3.20. The van der Waals surface area contributed by atoms with Gasteiger partial charge in [-0.25, -0.2) is 4.98 Å². The quantitative estimate of drug-likeness (QED) is 0.738. The summed E-state index contributed by atoms with van der Waals surface area (Å²) in [6.45, 7) is 4.32. The lowest BCUT2D eigenvalue weighted by Crippen LogP contribution is -2.16. The highest BCUT2D eigenvalue weighted by Gasteiger charge is 2.18. The molecule has 0 aliphatic heterocycles. The summed E-state index contributed by atoms with van der Waals surface area (Å²) in [5.74, 6) is 0.665. The summed E-state index contributed by atoms with van der Waals surface area (Å²) in [5.41, 5.74) is 1.26. The first-order chi connectivity index (χ1) is 6.61. The van der Waals surface area contributed by atoms with Crippen molar-refractivity contribution >= 4 is 27.9 Å². The summed E-state index contributed by atoms with van der Waals surface area (Å²) in [6.07, 6.45) is 5.05. The van der Waals surface area contributed by atoms with Gasteiger partial charge >= 0.3 is 0 Å². The molecule has 0 fully saturated rings. The van der Waals surface area contributed by atoms with Gasteiger partial charge in [0.25, 0.3) is 0 Å². The molecule has 0 bridgehead atoms. The van der Waals surface area contributed by atoms with Gasteiger partial charge in [0, 0.05) is 23.7 Å². The number of hydrogen-bond acceptors (Lipinski definition) is 2. The molecule has 2 aromatic heterocycles. The topological polar surface area (TPSA) is 17.3 Å². The highest BCUT2D eigenvalue weighted by molar-refractivity contribution is 7.15. The largest absolute Gasteiger partial charge is 0.297 e. The average Bonchev–Trinajstić information content (AvgIpc) is 2.63. The van der Waals surface area contributed by atoms with Crippen LogP contribution in [0.1, 0.15) is 19.5 Å². The van der Waals surface area contributed by atoms with Crippen molar-refractivity contribution in [2.75, 3.05) is 5.88 Å². The minimum atomic E-state index is 0.131. The smallest absolute Gasteiger partial charge is 0.193 e. The van der Waals surface area contributed by atoms with E-state index in [-0.39, 0.29) is 5.41 Å². The van der Waals surface area contributed by atoms with Crippen molar-refractivity contribution in [2.24, 2.45) is 5.41 Å². The normalized spacial score (nSPS) is 12.5. The molecule has 0 amide bonds. The van der Waals surface area contributed by atoms with E-state index in [9.17, 15) is 0 Å². The molecule has 2 heterocycles. The monoisotopic (exact) mass is 228 g/mol. The van der Waals surface area contributed by atoms with Crippen LogP contribution in [-0.4, -0.2) is 15.3 Å². The van der Waals surface area contributed by atoms with Gasteiger partial charge in [-0.1, -0.05) is 13.8 Å². The van der Waals surface area contributed by atoms with Gasteiger partial charge in [-0.3, -0.25) is 4.40 Å². The Morgan fingerprint density at radius 3 is 3.00 bits per heavy atom. The highest BCUT2D eigenvalue weighted by Crippen LogP contribution is 2.23. The number of alkyl halides is 1. The predicted molar refractivity (Wildman–Crippen MR) is 61.3 cm³/mol. The van der Waals surface area contributed by atoms with Crippen LogP contribution in [0, 0.1) is 5.41 Å². The summed E-state index contributed by atoms with van der Waals surface area (Å²) in [5, 5.41) is 2.04. The van der Waals surface area contributed by atoms with Crippen LogP contribution in [0.3, 0.4) is 0 Å². The van der Waals surface area contributed by atoms with Gasteiger partial charge in [0.2, 0.25) is 0 Å². The Kier molecular flexibility index (Phi) is 2.54. The molecular formula is C10H13ClN2S. The van der Waals surface area contributed by atoms with Gasteiger partial charge in [-0.2, -0.15) is 0 Å². The zero-order chi connectivity index (χ0) is 10.2. The van der Waals surface area contributed by atoms with Crippen molar-refractivity contribution in [3.8, 4) is 0 Å². The number of fused-ring (bicyclic) bond motifs is 1. The van der Waals surface area contributed by atoms with Crippen LogP contribution < -0.4 is 0 Å². The molecule has 4 heteroatoms. The van der Waals surface area contributed by atoms with Crippen molar-refractivity contribution in [3.63, 3.8) is 0 Å². The molecule has 0 N–H and O–H groups in total. The lowest BCUT2D eigenvalue weighted by Gasteiger charge is -2.19. The van der Waals surface area contributed by atoms with Crippen molar-refractivity contribution < 1.29 is 0 Å². The number of nitrogens with zero attached hydrogens (tertiary/aromatic N) is 2. The maximum Gasteiger partial charge on any atom is 0.193 e. The minimum absolute atomic E-state index is 0.131. The molecule has 0 aliphatic carbocycles. The number of aromatic nitrogens is 2. The molecule has 0 radical (unpaired) electrons. The average molecular weight is 229 g/mol. The summed E-state index contributed by atoms with van der Waals surface area (Å²) in [7, 11) is 0. The van der Waals surface area contributed by atoms with E-state index in [4.69, 9.17) is 11.6 Å².